The summed E-state index contributed by atoms with van der Waals surface area (Å²) in [4.78, 5) is 15.4. The van der Waals surface area contributed by atoms with E-state index in [-0.39, 0.29) is 5.91 Å². The smallest absolute Gasteiger partial charge is 0.222 e. The Balaban J connectivity index is 2.45. The molecular weight excluding hydrogens is 238 g/mol. The summed E-state index contributed by atoms with van der Waals surface area (Å²) in [6.45, 7) is 3.05. The first kappa shape index (κ1) is 15.5. The molecule has 4 nitrogen and oxygen atoms in total. The standard InChI is InChI=1S/C15H25N3O/c1-12(13-7-5-8-14(16)11-13)18(4)10-6-9-15(19)17(2)3/h5,7-8,11-12H,6,9-10,16H2,1-4H3. The van der Waals surface area contributed by atoms with E-state index < -0.39 is 0 Å². The molecule has 0 aliphatic rings. The summed E-state index contributed by atoms with van der Waals surface area (Å²) in [5.74, 6) is 0.185. The Morgan fingerprint density at radius 2 is 2.00 bits per heavy atom. The summed E-state index contributed by atoms with van der Waals surface area (Å²) in [6, 6.07) is 8.27. The zero-order chi connectivity index (χ0) is 14.4. The molecule has 4 heteroatoms. The molecule has 0 aliphatic heterocycles. The summed E-state index contributed by atoms with van der Waals surface area (Å²) in [7, 11) is 5.66. The van der Waals surface area contributed by atoms with Crippen molar-refractivity contribution >= 4 is 11.6 Å². The van der Waals surface area contributed by atoms with Gasteiger partial charge in [-0.1, -0.05) is 12.1 Å². The van der Waals surface area contributed by atoms with Crippen LogP contribution in [-0.2, 0) is 4.79 Å². The molecule has 1 unspecified atom stereocenters. The highest BCUT2D eigenvalue weighted by Crippen LogP contribution is 2.20. The van der Waals surface area contributed by atoms with Crippen LogP contribution in [0.3, 0.4) is 0 Å². The first-order chi connectivity index (χ1) is 8.91. The van der Waals surface area contributed by atoms with Crippen molar-refractivity contribution in [2.24, 2.45) is 0 Å². The number of rotatable bonds is 6. The van der Waals surface area contributed by atoms with Gasteiger partial charge in [0.2, 0.25) is 5.91 Å². The third-order valence-electron chi connectivity index (χ3n) is 3.45. The van der Waals surface area contributed by atoms with E-state index in [1.165, 1.54) is 5.56 Å². The van der Waals surface area contributed by atoms with Crippen LogP contribution in [0.15, 0.2) is 24.3 Å². The zero-order valence-electron chi connectivity index (χ0n) is 12.4. The summed E-state index contributed by atoms with van der Waals surface area (Å²) in [6.07, 6.45) is 1.47. The van der Waals surface area contributed by atoms with Gasteiger partial charge >= 0.3 is 0 Å². The second-order valence-electron chi connectivity index (χ2n) is 5.22. The van der Waals surface area contributed by atoms with E-state index >= 15 is 0 Å². The number of nitrogens with zero attached hydrogens (tertiary/aromatic N) is 2. The molecule has 1 amide bonds. The molecule has 0 saturated carbocycles. The predicted molar refractivity (Wildman–Crippen MR) is 79.8 cm³/mol. The summed E-state index contributed by atoms with van der Waals surface area (Å²) < 4.78 is 0. The van der Waals surface area contributed by atoms with Gasteiger partial charge in [-0.3, -0.25) is 9.69 Å². The fourth-order valence-corrected chi connectivity index (χ4v) is 1.97. The van der Waals surface area contributed by atoms with Crippen LogP contribution in [-0.4, -0.2) is 43.4 Å². The first-order valence-corrected chi connectivity index (χ1v) is 6.67. The Kier molecular flexibility index (Phi) is 5.83. The Bertz CT molecular complexity index is 418. The quantitative estimate of drug-likeness (QED) is 0.800. The molecule has 19 heavy (non-hydrogen) atoms. The number of amides is 1. The maximum Gasteiger partial charge on any atom is 0.222 e. The number of hydrogen-bond donors (Lipinski definition) is 1. The van der Waals surface area contributed by atoms with Gasteiger partial charge in [-0.2, -0.15) is 0 Å². The fourth-order valence-electron chi connectivity index (χ4n) is 1.97. The van der Waals surface area contributed by atoms with Gasteiger partial charge in [0.1, 0.15) is 0 Å². The van der Waals surface area contributed by atoms with Crippen LogP contribution < -0.4 is 5.73 Å². The molecule has 1 atom stereocenters. The van der Waals surface area contributed by atoms with Crippen molar-refractivity contribution in [1.29, 1.82) is 0 Å². The fraction of sp³-hybridized carbons (Fsp3) is 0.533. The van der Waals surface area contributed by atoms with Gasteiger partial charge in [-0.25, -0.2) is 0 Å². The normalized spacial score (nSPS) is 12.5. The Morgan fingerprint density at radius 1 is 1.32 bits per heavy atom. The molecule has 0 fully saturated rings. The van der Waals surface area contributed by atoms with Gasteiger partial charge < -0.3 is 10.6 Å². The molecule has 1 aromatic rings. The highest BCUT2D eigenvalue weighted by atomic mass is 16.2. The molecule has 0 aliphatic carbocycles. The second kappa shape index (κ2) is 7.14. The predicted octanol–water partition coefficient (Wildman–Crippen LogP) is 2.13. The lowest BCUT2D eigenvalue weighted by Crippen LogP contribution is -2.26. The van der Waals surface area contributed by atoms with Crippen LogP contribution in [0.5, 0.6) is 0 Å². The average molecular weight is 263 g/mol. The van der Waals surface area contributed by atoms with Crippen molar-refractivity contribution in [3.8, 4) is 0 Å². The van der Waals surface area contributed by atoms with E-state index in [1.807, 2.05) is 18.2 Å². The third kappa shape index (κ3) is 4.91. The molecule has 0 saturated heterocycles. The number of carbonyl (C=O) groups excluding carboxylic acids is 1. The first-order valence-electron chi connectivity index (χ1n) is 6.67. The van der Waals surface area contributed by atoms with Gasteiger partial charge in [-0.15, -0.1) is 0 Å². The minimum Gasteiger partial charge on any atom is -0.399 e. The molecule has 0 radical (unpaired) electrons. The van der Waals surface area contributed by atoms with Crippen molar-refractivity contribution in [3.05, 3.63) is 29.8 Å². The summed E-state index contributed by atoms with van der Waals surface area (Å²) >= 11 is 0. The number of carbonyl (C=O) groups is 1. The highest BCUT2D eigenvalue weighted by Gasteiger charge is 2.12. The minimum atomic E-state index is 0.185. The monoisotopic (exact) mass is 263 g/mol. The van der Waals surface area contributed by atoms with Crippen LogP contribution >= 0.6 is 0 Å². The van der Waals surface area contributed by atoms with Crippen molar-refractivity contribution in [3.63, 3.8) is 0 Å². The van der Waals surface area contributed by atoms with Crippen LogP contribution in [0.2, 0.25) is 0 Å². The number of nitrogens with two attached hydrogens (primary N) is 1. The van der Waals surface area contributed by atoms with Crippen molar-refractivity contribution in [1.82, 2.24) is 9.80 Å². The highest BCUT2D eigenvalue weighted by molar-refractivity contribution is 5.75. The topological polar surface area (TPSA) is 49.6 Å². The van der Waals surface area contributed by atoms with Crippen LogP contribution in [0.4, 0.5) is 5.69 Å². The maximum atomic E-state index is 11.5. The lowest BCUT2D eigenvalue weighted by Gasteiger charge is -2.25. The maximum absolute atomic E-state index is 11.5. The van der Waals surface area contributed by atoms with Gasteiger partial charge in [0.15, 0.2) is 0 Å². The Morgan fingerprint density at radius 3 is 2.58 bits per heavy atom. The van der Waals surface area contributed by atoms with E-state index in [4.69, 9.17) is 5.73 Å². The molecule has 0 bridgehead atoms. The number of nitrogen functional groups attached to an aromatic ring is 1. The zero-order valence-corrected chi connectivity index (χ0v) is 12.4. The van der Waals surface area contributed by atoms with Crippen LogP contribution in [0.25, 0.3) is 0 Å². The molecule has 0 aromatic heterocycles. The van der Waals surface area contributed by atoms with Gasteiger partial charge in [0, 0.05) is 32.2 Å². The van der Waals surface area contributed by atoms with E-state index in [9.17, 15) is 4.79 Å². The third-order valence-corrected chi connectivity index (χ3v) is 3.45. The van der Waals surface area contributed by atoms with Gasteiger partial charge in [0.25, 0.3) is 0 Å². The number of benzene rings is 1. The van der Waals surface area contributed by atoms with Gasteiger partial charge in [-0.05, 0) is 44.6 Å². The lowest BCUT2D eigenvalue weighted by molar-refractivity contribution is -0.128. The summed E-state index contributed by atoms with van der Waals surface area (Å²) in [5, 5.41) is 0. The van der Waals surface area contributed by atoms with Gasteiger partial charge in [0.05, 0.1) is 0 Å². The Labute approximate surface area is 116 Å². The van der Waals surface area contributed by atoms with Crippen LogP contribution in [0, 0.1) is 0 Å². The minimum absolute atomic E-state index is 0.185. The van der Waals surface area contributed by atoms with Crippen molar-refractivity contribution in [2.45, 2.75) is 25.8 Å². The molecule has 0 heterocycles. The number of hydrogen-bond acceptors (Lipinski definition) is 3. The molecular formula is C15H25N3O. The van der Waals surface area contributed by atoms with Crippen molar-refractivity contribution in [2.75, 3.05) is 33.4 Å². The molecule has 1 rings (SSSR count). The van der Waals surface area contributed by atoms with E-state index in [0.29, 0.717) is 12.5 Å². The van der Waals surface area contributed by atoms with Crippen molar-refractivity contribution < 1.29 is 4.79 Å². The largest absolute Gasteiger partial charge is 0.399 e. The second-order valence-corrected chi connectivity index (χ2v) is 5.22. The molecule has 106 valence electrons. The summed E-state index contributed by atoms with van der Waals surface area (Å²) in [5.41, 5.74) is 7.80. The van der Waals surface area contributed by atoms with E-state index in [1.54, 1.807) is 19.0 Å². The molecule has 1 aromatic carbocycles. The number of anilines is 1. The lowest BCUT2D eigenvalue weighted by atomic mass is 10.1. The Hall–Kier alpha value is -1.55. The van der Waals surface area contributed by atoms with E-state index in [0.717, 1.165) is 18.7 Å². The molecule has 0 spiro atoms. The van der Waals surface area contributed by atoms with Crippen LogP contribution in [0.1, 0.15) is 31.4 Å². The molecule has 2 N–H and O–H groups in total. The SMILES string of the molecule is CC(c1cccc(N)c1)N(C)CCCC(=O)N(C)C. The average Bonchev–Trinajstić information content (AvgIpc) is 2.37. The van der Waals surface area contributed by atoms with E-state index in [2.05, 4.69) is 24.9 Å².